The number of H-pyrrole nitrogens is 1. The minimum absolute atomic E-state index is 0.219. The molecule has 1 aliphatic carbocycles. The van der Waals surface area contributed by atoms with E-state index >= 15 is 0 Å². The van der Waals surface area contributed by atoms with Gasteiger partial charge in [-0.3, -0.25) is 14.8 Å². The zero-order valence-electron chi connectivity index (χ0n) is 19.1. The van der Waals surface area contributed by atoms with Gasteiger partial charge in [0.25, 0.3) is 5.91 Å². The first kappa shape index (κ1) is 23.1. The highest BCUT2D eigenvalue weighted by Crippen LogP contribution is 2.34. The topological polar surface area (TPSA) is 109 Å². The van der Waals surface area contributed by atoms with Crippen LogP contribution in [0.25, 0.3) is 21.8 Å². The van der Waals surface area contributed by atoms with Crippen LogP contribution in [0.1, 0.15) is 23.2 Å². The van der Waals surface area contributed by atoms with Crippen LogP contribution in [0.3, 0.4) is 0 Å². The minimum atomic E-state index is -3.36. The summed E-state index contributed by atoms with van der Waals surface area (Å²) in [6.07, 6.45) is 8.91. The fourth-order valence-corrected chi connectivity index (χ4v) is 5.00. The minimum Gasteiger partial charge on any atom is -0.361 e. The molecule has 1 aliphatic rings. The summed E-state index contributed by atoms with van der Waals surface area (Å²) in [7, 11) is -3.36. The molecule has 0 radical (unpaired) electrons. The number of amides is 1. The second-order valence-corrected chi connectivity index (χ2v) is 11.2. The molecule has 8 nitrogen and oxygen atoms in total. The normalized spacial score (nSPS) is 13.4. The number of thiazole rings is 1. The number of carbonyl (C=O) groups excluding carboxylic acids is 1. The number of nitrogens with zero attached hydrogens (tertiary/aromatic N) is 2. The first-order chi connectivity index (χ1) is 16.9. The molecule has 5 aromatic rings. The molecule has 1 fully saturated rings. The van der Waals surface area contributed by atoms with Crippen molar-refractivity contribution in [1.29, 1.82) is 0 Å². The first-order valence-corrected chi connectivity index (χ1v) is 14.0. The van der Waals surface area contributed by atoms with Gasteiger partial charge in [-0.1, -0.05) is 18.2 Å². The van der Waals surface area contributed by atoms with Crippen molar-refractivity contribution < 1.29 is 13.2 Å². The molecule has 180 valence electrons. The van der Waals surface area contributed by atoms with E-state index in [9.17, 15) is 13.2 Å². The van der Waals surface area contributed by atoms with Crippen LogP contribution in [0.15, 0.2) is 72.5 Å². The maximum atomic E-state index is 12.7. The van der Waals surface area contributed by atoms with Crippen molar-refractivity contribution in [2.45, 2.75) is 19.4 Å². The van der Waals surface area contributed by atoms with Crippen molar-refractivity contribution in [2.24, 2.45) is 5.92 Å². The molecule has 0 unspecified atom stereocenters. The number of hydrogen-bond acceptors (Lipinski definition) is 5. The Kier molecular flexibility index (Phi) is 6.31. The van der Waals surface area contributed by atoms with Gasteiger partial charge < -0.3 is 9.55 Å². The number of fused-ring (bicyclic) bond motifs is 2. The number of aromatic amines is 1. The predicted octanol–water partition coefficient (Wildman–Crippen LogP) is 5.30. The Balaban J connectivity index is 0.000000234. The highest BCUT2D eigenvalue weighted by Gasteiger charge is 2.24. The van der Waals surface area contributed by atoms with E-state index in [1.54, 1.807) is 29.8 Å². The summed E-state index contributed by atoms with van der Waals surface area (Å²) >= 11 is 1.36. The average molecular weight is 508 g/mol. The number of aromatic nitrogens is 3. The molecule has 3 aromatic heterocycles. The molecule has 0 aliphatic heterocycles. The summed E-state index contributed by atoms with van der Waals surface area (Å²) in [5, 5.41) is 7.23. The number of benzene rings is 2. The molecule has 3 heterocycles. The van der Waals surface area contributed by atoms with E-state index < -0.39 is 10.0 Å². The lowest BCUT2D eigenvalue weighted by Crippen LogP contribution is -2.11. The molecule has 35 heavy (non-hydrogen) atoms. The smallest absolute Gasteiger partial charge is 0.259 e. The number of carbonyl (C=O) groups is 1. The van der Waals surface area contributed by atoms with Crippen molar-refractivity contribution in [1.82, 2.24) is 14.5 Å². The van der Waals surface area contributed by atoms with Crippen molar-refractivity contribution in [3.05, 3.63) is 78.1 Å². The van der Waals surface area contributed by atoms with E-state index in [-0.39, 0.29) is 5.91 Å². The zero-order chi connectivity index (χ0) is 24.4. The second-order valence-electron chi connectivity index (χ2n) is 8.60. The predicted molar refractivity (Wildman–Crippen MR) is 141 cm³/mol. The van der Waals surface area contributed by atoms with Crippen LogP contribution in [-0.4, -0.2) is 35.1 Å². The zero-order valence-corrected chi connectivity index (χ0v) is 20.7. The van der Waals surface area contributed by atoms with E-state index in [1.807, 2.05) is 29.1 Å². The summed E-state index contributed by atoms with van der Waals surface area (Å²) < 4.78 is 27.6. The molecule has 0 bridgehead atoms. The molecule has 0 saturated heterocycles. The lowest BCUT2D eigenvalue weighted by Gasteiger charge is -2.07. The van der Waals surface area contributed by atoms with Gasteiger partial charge in [0.05, 0.1) is 23.0 Å². The number of anilines is 2. The van der Waals surface area contributed by atoms with Gasteiger partial charge in [0.15, 0.2) is 5.13 Å². The molecule has 2 aromatic carbocycles. The highest BCUT2D eigenvalue weighted by atomic mass is 32.2. The molecule has 10 heteroatoms. The van der Waals surface area contributed by atoms with Crippen LogP contribution in [0.4, 0.5) is 10.8 Å². The number of hydrogen-bond donors (Lipinski definition) is 3. The second kappa shape index (κ2) is 9.55. The van der Waals surface area contributed by atoms with Gasteiger partial charge in [-0.25, -0.2) is 13.4 Å². The number of para-hydroxylation sites is 1. The van der Waals surface area contributed by atoms with Crippen molar-refractivity contribution in [2.75, 3.05) is 16.3 Å². The van der Waals surface area contributed by atoms with E-state index in [1.165, 1.54) is 35.1 Å². The van der Waals surface area contributed by atoms with E-state index in [4.69, 9.17) is 0 Å². The molecular weight excluding hydrogens is 482 g/mol. The molecule has 3 N–H and O–H groups in total. The van der Waals surface area contributed by atoms with Crippen molar-refractivity contribution in [3.63, 3.8) is 0 Å². The molecule has 1 amide bonds. The molecule has 0 atom stereocenters. The van der Waals surface area contributed by atoms with Crippen LogP contribution >= 0.6 is 11.3 Å². The van der Waals surface area contributed by atoms with Gasteiger partial charge >= 0.3 is 0 Å². The number of rotatable bonds is 6. The van der Waals surface area contributed by atoms with Crippen LogP contribution in [0, 0.1) is 5.92 Å². The van der Waals surface area contributed by atoms with E-state index in [0.29, 0.717) is 22.3 Å². The summed E-state index contributed by atoms with van der Waals surface area (Å²) in [6, 6.07) is 15.5. The Morgan fingerprint density at radius 1 is 1.20 bits per heavy atom. The number of sulfonamides is 1. The maximum absolute atomic E-state index is 12.7. The van der Waals surface area contributed by atoms with E-state index in [2.05, 4.69) is 38.2 Å². The van der Waals surface area contributed by atoms with Crippen molar-refractivity contribution in [3.8, 4) is 0 Å². The van der Waals surface area contributed by atoms with Crippen LogP contribution in [0.5, 0.6) is 0 Å². The van der Waals surface area contributed by atoms with Crippen LogP contribution < -0.4 is 10.0 Å². The third kappa shape index (κ3) is 5.72. The SMILES string of the molecule is CS(=O)(=O)Nc1ccc2c(C(=O)Nc3nccs3)cn(CC3CC3)c2c1.c1ccc2[nH]ccc2c1. The highest BCUT2D eigenvalue weighted by molar-refractivity contribution is 7.92. The fourth-order valence-electron chi connectivity index (χ4n) is 3.92. The average Bonchev–Trinajstić information content (AvgIpc) is 3.18. The number of nitrogens with one attached hydrogen (secondary N) is 3. The van der Waals surface area contributed by atoms with Crippen LogP contribution in [0.2, 0.25) is 0 Å². The fraction of sp³-hybridized carbons (Fsp3) is 0.200. The molecule has 6 rings (SSSR count). The standard InChI is InChI=1S/C17H18N4O3S2.C8H7N/c1-26(23,24)20-12-4-5-13-14(16(22)19-17-18-6-7-25-17)10-21(15(13)8-12)9-11-2-3-11;1-2-4-8-7(3-1)5-6-9-8/h4-8,10-11,20H,2-3,9H2,1H3,(H,18,19,22);1-6,9H. The molecule has 0 spiro atoms. The van der Waals surface area contributed by atoms with E-state index in [0.717, 1.165) is 23.7 Å². The maximum Gasteiger partial charge on any atom is 0.259 e. The third-order valence-electron chi connectivity index (χ3n) is 5.70. The summed E-state index contributed by atoms with van der Waals surface area (Å²) in [6.45, 7) is 0.823. The van der Waals surface area contributed by atoms with Crippen LogP contribution in [-0.2, 0) is 16.6 Å². The Labute approximate surface area is 207 Å². The summed E-state index contributed by atoms with van der Waals surface area (Å²) in [5.74, 6) is 0.398. The molecular formula is C25H25N5O3S2. The monoisotopic (exact) mass is 507 g/mol. The third-order valence-corrected chi connectivity index (χ3v) is 6.99. The largest absolute Gasteiger partial charge is 0.361 e. The summed E-state index contributed by atoms with van der Waals surface area (Å²) in [5.41, 5.74) is 3.09. The van der Waals surface area contributed by atoms with Gasteiger partial charge in [0.2, 0.25) is 10.0 Å². The van der Waals surface area contributed by atoms with Gasteiger partial charge in [0, 0.05) is 41.4 Å². The van der Waals surface area contributed by atoms with Gasteiger partial charge in [0.1, 0.15) is 0 Å². The Morgan fingerprint density at radius 2 is 2.03 bits per heavy atom. The van der Waals surface area contributed by atoms with Gasteiger partial charge in [-0.2, -0.15) is 0 Å². The Morgan fingerprint density at radius 3 is 2.74 bits per heavy atom. The van der Waals surface area contributed by atoms with Gasteiger partial charge in [-0.15, -0.1) is 11.3 Å². The Hall–Kier alpha value is -3.63. The first-order valence-electron chi connectivity index (χ1n) is 11.2. The quantitative estimate of drug-likeness (QED) is 0.290. The van der Waals surface area contributed by atoms with Gasteiger partial charge in [-0.05, 0) is 54.5 Å². The Bertz CT molecular complexity index is 1550. The van der Waals surface area contributed by atoms with Crippen molar-refractivity contribution >= 4 is 59.9 Å². The lowest BCUT2D eigenvalue weighted by molar-refractivity contribution is 0.102. The molecule has 1 saturated carbocycles. The lowest BCUT2D eigenvalue weighted by atomic mass is 10.1. The summed E-state index contributed by atoms with van der Waals surface area (Å²) in [4.78, 5) is 19.9.